The Kier molecular flexibility index (Phi) is 7.81. The molecule has 0 spiro atoms. The summed E-state index contributed by atoms with van der Waals surface area (Å²) in [5, 5.41) is 3.03. The second-order valence-corrected chi connectivity index (χ2v) is 6.86. The van der Waals surface area contributed by atoms with Crippen molar-refractivity contribution in [2.24, 2.45) is 11.8 Å². The molecule has 1 aromatic rings. The zero-order chi connectivity index (χ0) is 15.8. The minimum atomic E-state index is -0.0980. The van der Waals surface area contributed by atoms with Crippen LogP contribution in [0.1, 0.15) is 52.0 Å². The Labute approximate surface area is 134 Å². The minimum Gasteiger partial charge on any atom is -0.354 e. The summed E-state index contributed by atoms with van der Waals surface area (Å²) in [4.78, 5) is 12.6. The van der Waals surface area contributed by atoms with Crippen molar-refractivity contribution >= 4 is 17.5 Å². The predicted molar refractivity (Wildman–Crippen MR) is 90.7 cm³/mol. The highest BCUT2D eigenvalue weighted by atomic mass is 35.5. The van der Waals surface area contributed by atoms with Crippen LogP contribution in [0.25, 0.3) is 0 Å². The molecule has 0 saturated heterocycles. The molecule has 1 aromatic carbocycles. The summed E-state index contributed by atoms with van der Waals surface area (Å²) >= 11 is 6.27. The van der Waals surface area contributed by atoms with Crippen LogP contribution in [0.3, 0.4) is 0 Å². The van der Waals surface area contributed by atoms with Gasteiger partial charge in [-0.15, -0.1) is 11.6 Å². The summed E-state index contributed by atoms with van der Waals surface area (Å²) in [6.07, 6.45) is 1.89. The van der Waals surface area contributed by atoms with Gasteiger partial charge in [-0.25, -0.2) is 0 Å². The van der Waals surface area contributed by atoms with Crippen LogP contribution >= 0.6 is 11.6 Å². The fraction of sp³-hybridized carbons (Fsp3) is 0.611. The van der Waals surface area contributed by atoms with Gasteiger partial charge in [0.2, 0.25) is 5.91 Å². The fourth-order valence-electron chi connectivity index (χ4n) is 2.55. The third-order valence-corrected chi connectivity index (χ3v) is 4.21. The molecule has 0 fully saturated rings. The molecule has 0 aliphatic carbocycles. The molecule has 21 heavy (non-hydrogen) atoms. The van der Waals surface area contributed by atoms with E-state index in [1.807, 2.05) is 30.3 Å². The number of hydrogen-bond donors (Lipinski definition) is 1. The Morgan fingerprint density at radius 3 is 2.33 bits per heavy atom. The van der Waals surface area contributed by atoms with Gasteiger partial charge in [0.1, 0.15) is 0 Å². The lowest BCUT2D eigenvalue weighted by Crippen LogP contribution is -2.36. The number of alkyl halides is 1. The highest BCUT2D eigenvalue weighted by molar-refractivity contribution is 6.20. The summed E-state index contributed by atoms with van der Waals surface area (Å²) in [7, 11) is 0. The van der Waals surface area contributed by atoms with Crippen LogP contribution in [0.4, 0.5) is 0 Å². The standard InChI is InChI=1S/C18H28ClNO/c1-5-14(4)17(15-9-7-6-8-10-15)18(21)20-12-16(19)11-13(2)3/h6-10,13-14,16-17H,5,11-12H2,1-4H3,(H,20,21). The molecular formula is C18H28ClNO. The normalized spacial score (nSPS) is 15.5. The van der Waals surface area contributed by atoms with Gasteiger partial charge in [0.05, 0.1) is 11.3 Å². The SMILES string of the molecule is CCC(C)C(C(=O)NCC(Cl)CC(C)C)c1ccccc1. The Morgan fingerprint density at radius 1 is 1.19 bits per heavy atom. The molecule has 3 heteroatoms. The van der Waals surface area contributed by atoms with E-state index in [1.165, 1.54) is 0 Å². The maximum Gasteiger partial charge on any atom is 0.227 e. The van der Waals surface area contributed by atoms with Gasteiger partial charge < -0.3 is 5.32 Å². The van der Waals surface area contributed by atoms with Crippen molar-refractivity contribution in [2.45, 2.75) is 51.8 Å². The van der Waals surface area contributed by atoms with E-state index < -0.39 is 0 Å². The van der Waals surface area contributed by atoms with Crippen LogP contribution in [-0.2, 0) is 4.79 Å². The monoisotopic (exact) mass is 309 g/mol. The quantitative estimate of drug-likeness (QED) is 0.699. The number of rotatable bonds is 8. The average molecular weight is 310 g/mol. The van der Waals surface area contributed by atoms with Crippen LogP contribution in [-0.4, -0.2) is 17.8 Å². The first-order valence-electron chi connectivity index (χ1n) is 7.92. The number of hydrogen-bond acceptors (Lipinski definition) is 1. The fourth-order valence-corrected chi connectivity index (χ4v) is 2.98. The van der Waals surface area contributed by atoms with Gasteiger partial charge in [-0.2, -0.15) is 0 Å². The van der Waals surface area contributed by atoms with Gasteiger partial charge in [0.15, 0.2) is 0 Å². The first-order valence-corrected chi connectivity index (χ1v) is 8.36. The van der Waals surface area contributed by atoms with E-state index in [9.17, 15) is 4.79 Å². The molecule has 0 aromatic heterocycles. The molecular weight excluding hydrogens is 282 g/mol. The summed E-state index contributed by atoms with van der Waals surface area (Å²) < 4.78 is 0. The topological polar surface area (TPSA) is 29.1 Å². The summed E-state index contributed by atoms with van der Waals surface area (Å²) in [5.74, 6) is 0.847. The maximum atomic E-state index is 12.6. The van der Waals surface area contributed by atoms with Gasteiger partial charge >= 0.3 is 0 Å². The summed E-state index contributed by atoms with van der Waals surface area (Å²) in [6, 6.07) is 10.0. The smallest absolute Gasteiger partial charge is 0.227 e. The molecule has 0 bridgehead atoms. The van der Waals surface area contributed by atoms with Crippen molar-refractivity contribution in [1.82, 2.24) is 5.32 Å². The van der Waals surface area contributed by atoms with Crippen molar-refractivity contribution < 1.29 is 4.79 Å². The Morgan fingerprint density at radius 2 is 1.81 bits per heavy atom. The predicted octanol–water partition coefficient (Wildman–Crippen LogP) is 4.59. The van der Waals surface area contributed by atoms with Crippen molar-refractivity contribution in [3.63, 3.8) is 0 Å². The third-order valence-electron chi connectivity index (χ3n) is 3.88. The average Bonchev–Trinajstić information content (AvgIpc) is 2.45. The number of benzene rings is 1. The van der Waals surface area contributed by atoms with Gasteiger partial charge in [-0.05, 0) is 23.8 Å². The molecule has 1 amide bonds. The van der Waals surface area contributed by atoms with E-state index in [4.69, 9.17) is 11.6 Å². The van der Waals surface area contributed by atoms with Gasteiger partial charge in [-0.1, -0.05) is 64.4 Å². The number of amides is 1. The van der Waals surface area contributed by atoms with Crippen LogP contribution < -0.4 is 5.32 Å². The molecule has 0 heterocycles. The van der Waals surface area contributed by atoms with Crippen molar-refractivity contribution in [3.05, 3.63) is 35.9 Å². The highest BCUT2D eigenvalue weighted by Gasteiger charge is 2.25. The van der Waals surface area contributed by atoms with Crippen molar-refractivity contribution in [1.29, 1.82) is 0 Å². The van der Waals surface area contributed by atoms with Crippen LogP contribution in [0.2, 0.25) is 0 Å². The molecule has 3 unspecified atom stereocenters. The van der Waals surface area contributed by atoms with E-state index in [0.717, 1.165) is 18.4 Å². The molecule has 0 aliphatic rings. The van der Waals surface area contributed by atoms with Crippen LogP contribution in [0, 0.1) is 11.8 Å². The zero-order valence-corrected chi connectivity index (χ0v) is 14.4. The molecule has 2 nitrogen and oxygen atoms in total. The summed E-state index contributed by atoms with van der Waals surface area (Å²) in [6.45, 7) is 9.07. The zero-order valence-electron chi connectivity index (χ0n) is 13.6. The number of nitrogens with one attached hydrogen (secondary N) is 1. The van der Waals surface area contributed by atoms with E-state index in [-0.39, 0.29) is 17.2 Å². The third kappa shape index (κ3) is 6.09. The lowest BCUT2D eigenvalue weighted by molar-refractivity contribution is -0.123. The lowest BCUT2D eigenvalue weighted by atomic mass is 9.85. The lowest BCUT2D eigenvalue weighted by Gasteiger charge is -2.23. The van der Waals surface area contributed by atoms with Gasteiger partial charge in [0.25, 0.3) is 0 Å². The summed E-state index contributed by atoms with van der Waals surface area (Å²) in [5.41, 5.74) is 1.08. The van der Waals surface area contributed by atoms with Crippen LogP contribution in [0.5, 0.6) is 0 Å². The number of halogens is 1. The molecule has 3 atom stereocenters. The second kappa shape index (κ2) is 9.09. The second-order valence-electron chi connectivity index (χ2n) is 6.25. The number of carbonyl (C=O) groups excluding carboxylic acids is 1. The molecule has 118 valence electrons. The number of carbonyl (C=O) groups is 1. The van der Waals surface area contributed by atoms with Crippen molar-refractivity contribution in [3.8, 4) is 0 Å². The Hall–Kier alpha value is -1.02. The molecule has 0 aliphatic heterocycles. The van der Waals surface area contributed by atoms with Crippen molar-refractivity contribution in [2.75, 3.05) is 6.54 Å². The van der Waals surface area contributed by atoms with Gasteiger partial charge in [0, 0.05) is 6.54 Å². The molecule has 1 N–H and O–H groups in total. The molecule has 0 radical (unpaired) electrons. The Bertz CT molecular complexity index is 418. The minimum absolute atomic E-state index is 0.00214. The first kappa shape index (κ1) is 18.0. The van der Waals surface area contributed by atoms with E-state index in [0.29, 0.717) is 18.4 Å². The van der Waals surface area contributed by atoms with E-state index >= 15 is 0 Å². The largest absolute Gasteiger partial charge is 0.354 e. The first-order chi connectivity index (χ1) is 9.95. The Balaban J connectivity index is 2.69. The maximum absolute atomic E-state index is 12.6. The van der Waals surface area contributed by atoms with Gasteiger partial charge in [-0.3, -0.25) is 4.79 Å². The van der Waals surface area contributed by atoms with E-state index in [1.54, 1.807) is 0 Å². The molecule has 1 rings (SSSR count). The molecule has 0 saturated carbocycles. The highest BCUT2D eigenvalue weighted by Crippen LogP contribution is 2.27. The van der Waals surface area contributed by atoms with E-state index in [2.05, 4.69) is 33.0 Å². The van der Waals surface area contributed by atoms with Crippen LogP contribution in [0.15, 0.2) is 30.3 Å².